The molecule has 0 bridgehead atoms. The lowest BCUT2D eigenvalue weighted by molar-refractivity contribution is 0.286. The zero-order valence-corrected chi connectivity index (χ0v) is 20.8. The molecule has 0 radical (unpaired) electrons. The molecular weight excluding hydrogens is 444 g/mol. The molecule has 1 aliphatic heterocycles. The van der Waals surface area contributed by atoms with E-state index >= 15 is 0 Å². The van der Waals surface area contributed by atoms with Crippen molar-refractivity contribution >= 4 is 28.2 Å². The fourth-order valence-corrected chi connectivity index (χ4v) is 5.23. The predicted molar refractivity (Wildman–Crippen MR) is 138 cm³/mol. The van der Waals surface area contributed by atoms with Crippen LogP contribution in [-0.4, -0.2) is 44.1 Å². The number of rotatable bonds is 9. The van der Waals surface area contributed by atoms with E-state index in [-0.39, 0.29) is 0 Å². The normalized spacial score (nSPS) is 14.3. The Bertz CT molecular complexity index is 1260. The molecule has 1 aromatic carbocycles. The summed E-state index contributed by atoms with van der Waals surface area (Å²) in [5, 5.41) is 1.78. The molecule has 0 aliphatic carbocycles. The Labute approximate surface area is 204 Å². The van der Waals surface area contributed by atoms with Gasteiger partial charge in [-0.05, 0) is 56.5 Å². The summed E-state index contributed by atoms with van der Waals surface area (Å²) in [6.07, 6.45) is 6.54. The van der Waals surface area contributed by atoms with Crippen molar-refractivity contribution in [2.45, 2.75) is 52.6 Å². The molecule has 1 aliphatic rings. The number of aryl methyl sites for hydroxylation is 1. The van der Waals surface area contributed by atoms with Gasteiger partial charge >= 0.3 is 6.01 Å². The third kappa shape index (κ3) is 4.93. The maximum Gasteiger partial charge on any atom is 0.320 e. The number of nitrogens with two attached hydrogens (primary N) is 1. The summed E-state index contributed by atoms with van der Waals surface area (Å²) in [5.74, 6) is 0.436. The van der Waals surface area contributed by atoms with Crippen LogP contribution in [-0.2, 0) is 13.1 Å². The molecule has 3 aromatic heterocycles. The maximum atomic E-state index is 6.35. The average molecular weight is 477 g/mol. The van der Waals surface area contributed by atoms with Crippen molar-refractivity contribution < 1.29 is 4.74 Å². The fraction of sp³-hybridized carbons (Fsp3) is 0.423. The number of benzene rings is 1. The van der Waals surface area contributed by atoms with Gasteiger partial charge in [0.05, 0.1) is 17.7 Å². The van der Waals surface area contributed by atoms with Crippen molar-refractivity contribution in [1.82, 2.24) is 24.4 Å². The number of aromatic nitrogens is 4. The van der Waals surface area contributed by atoms with E-state index in [0.29, 0.717) is 25.0 Å². The number of fused-ring (bicyclic) bond motifs is 1. The Kier molecular flexibility index (Phi) is 6.78. The maximum absolute atomic E-state index is 6.35. The highest BCUT2D eigenvalue weighted by atomic mass is 32.1. The third-order valence-electron chi connectivity index (χ3n) is 6.30. The number of unbranched alkanes of at least 4 members (excludes halogenated alkanes) is 1. The van der Waals surface area contributed by atoms with Crippen molar-refractivity contribution in [3.63, 3.8) is 0 Å². The number of nitrogens with zero attached hydrogens (tertiary/aromatic N) is 5. The van der Waals surface area contributed by atoms with Gasteiger partial charge in [0.1, 0.15) is 16.5 Å². The van der Waals surface area contributed by atoms with Crippen LogP contribution >= 0.6 is 11.3 Å². The van der Waals surface area contributed by atoms with Crippen molar-refractivity contribution in [2.75, 3.05) is 25.4 Å². The minimum Gasteiger partial charge on any atom is -0.463 e. The molecule has 0 amide bonds. The lowest BCUT2D eigenvalue weighted by atomic mass is 10.1. The summed E-state index contributed by atoms with van der Waals surface area (Å²) in [7, 11) is 0. The second-order valence-electron chi connectivity index (χ2n) is 9.02. The van der Waals surface area contributed by atoms with Crippen LogP contribution in [0, 0.1) is 6.92 Å². The van der Waals surface area contributed by atoms with Crippen LogP contribution < -0.4 is 10.5 Å². The lowest BCUT2D eigenvalue weighted by Gasteiger charge is -2.15. The van der Waals surface area contributed by atoms with Crippen LogP contribution in [0.4, 0.5) is 5.82 Å². The molecule has 0 saturated carbocycles. The van der Waals surface area contributed by atoms with Gasteiger partial charge in [0.15, 0.2) is 0 Å². The zero-order chi connectivity index (χ0) is 23.5. The number of nitrogen functional groups attached to an aromatic ring is 1. The molecule has 178 valence electrons. The summed E-state index contributed by atoms with van der Waals surface area (Å²) < 4.78 is 7.99. The van der Waals surface area contributed by atoms with Crippen LogP contribution in [0.25, 0.3) is 21.7 Å². The molecule has 4 aromatic rings. The van der Waals surface area contributed by atoms with Gasteiger partial charge in [-0.25, -0.2) is 4.98 Å². The van der Waals surface area contributed by atoms with Crippen molar-refractivity contribution in [3.05, 3.63) is 52.5 Å². The average Bonchev–Trinajstić information content (AvgIpc) is 3.57. The highest BCUT2D eigenvalue weighted by Gasteiger charge is 2.19. The molecular formula is C26H32N6OS. The van der Waals surface area contributed by atoms with Gasteiger partial charge in [-0.15, -0.1) is 11.3 Å². The number of hydrogen-bond donors (Lipinski definition) is 1. The molecule has 1 saturated heterocycles. The third-order valence-corrected chi connectivity index (χ3v) is 7.24. The van der Waals surface area contributed by atoms with Gasteiger partial charge < -0.3 is 15.0 Å². The topological polar surface area (TPSA) is 82.1 Å². The van der Waals surface area contributed by atoms with Gasteiger partial charge in [0.25, 0.3) is 0 Å². The molecule has 0 atom stereocenters. The molecule has 2 N–H and O–H groups in total. The highest BCUT2D eigenvalue weighted by molar-refractivity contribution is 7.14. The Balaban J connectivity index is 1.49. The number of ether oxygens (including phenoxy) is 1. The predicted octanol–water partition coefficient (Wildman–Crippen LogP) is 5.27. The number of likely N-dealkylation sites (tertiary alicyclic amines) is 1. The highest BCUT2D eigenvalue weighted by Crippen LogP contribution is 2.33. The van der Waals surface area contributed by atoms with Crippen LogP contribution in [0.1, 0.15) is 48.6 Å². The molecule has 8 heteroatoms. The molecule has 4 heterocycles. The van der Waals surface area contributed by atoms with E-state index in [1.165, 1.54) is 41.9 Å². The van der Waals surface area contributed by atoms with E-state index in [4.69, 9.17) is 15.5 Å². The smallest absolute Gasteiger partial charge is 0.320 e. The van der Waals surface area contributed by atoms with Crippen molar-refractivity contribution in [2.24, 2.45) is 0 Å². The Morgan fingerprint density at radius 3 is 2.47 bits per heavy atom. The van der Waals surface area contributed by atoms with Gasteiger partial charge in [-0.3, -0.25) is 4.90 Å². The number of anilines is 1. The van der Waals surface area contributed by atoms with Crippen LogP contribution in [0.2, 0.25) is 0 Å². The zero-order valence-electron chi connectivity index (χ0n) is 20.0. The van der Waals surface area contributed by atoms with Gasteiger partial charge in [-0.1, -0.05) is 37.6 Å². The van der Waals surface area contributed by atoms with Crippen molar-refractivity contribution in [3.8, 4) is 16.7 Å². The lowest BCUT2D eigenvalue weighted by Crippen LogP contribution is -2.18. The monoisotopic (exact) mass is 476 g/mol. The van der Waals surface area contributed by atoms with Gasteiger partial charge in [0.2, 0.25) is 0 Å². The fourth-order valence-electron chi connectivity index (χ4n) is 4.44. The minimum atomic E-state index is 0.334. The van der Waals surface area contributed by atoms with E-state index in [2.05, 4.69) is 63.6 Å². The summed E-state index contributed by atoms with van der Waals surface area (Å²) >= 11 is 1.67. The molecule has 34 heavy (non-hydrogen) atoms. The summed E-state index contributed by atoms with van der Waals surface area (Å²) in [5.41, 5.74) is 10.7. The van der Waals surface area contributed by atoms with Crippen LogP contribution in [0.3, 0.4) is 0 Å². The first-order valence-corrected chi connectivity index (χ1v) is 12.9. The largest absolute Gasteiger partial charge is 0.463 e. The quantitative estimate of drug-likeness (QED) is 0.332. The second-order valence-corrected chi connectivity index (χ2v) is 10.3. The van der Waals surface area contributed by atoms with Crippen LogP contribution in [0.5, 0.6) is 6.01 Å². The Morgan fingerprint density at radius 1 is 1.06 bits per heavy atom. The van der Waals surface area contributed by atoms with E-state index < -0.39 is 0 Å². The summed E-state index contributed by atoms with van der Waals surface area (Å²) in [6.45, 7) is 8.89. The van der Waals surface area contributed by atoms with Crippen LogP contribution in [0.15, 0.2) is 36.5 Å². The van der Waals surface area contributed by atoms with E-state index in [1.807, 2.05) is 6.20 Å². The molecule has 1 fully saturated rings. The molecule has 7 nitrogen and oxygen atoms in total. The van der Waals surface area contributed by atoms with E-state index in [0.717, 1.165) is 41.1 Å². The van der Waals surface area contributed by atoms with Gasteiger partial charge in [-0.2, -0.15) is 9.97 Å². The van der Waals surface area contributed by atoms with E-state index in [1.54, 1.807) is 11.3 Å². The Morgan fingerprint density at radius 2 is 1.79 bits per heavy atom. The number of hydrogen-bond acceptors (Lipinski definition) is 7. The summed E-state index contributed by atoms with van der Waals surface area (Å²) in [4.78, 5) is 17.5. The van der Waals surface area contributed by atoms with Gasteiger partial charge in [0, 0.05) is 24.2 Å². The first-order valence-electron chi connectivity index (χ1n) is 12.1. The SMILES string of the molecule is CCCCOc1nc(N)c2cc(-c3ncc(C)s3)n(Cc3ccc(CN4CCCC4)cc3)c2n1. The number of thiazole rings is 1. The standard InChI is InChI=1S/C26H32N6OS/c1-3-4-13-33-26-29-23(27)21-14-22(25-28-15-18(2)34-25)32(24(21)30-26)17-20-9-7-19(8-10-20)16-31-11-5-6-12-31/h7-10,14-15H,3-6,11-13,16-17H2,1-2H3,(H2,27,29,30). The molecule has 5 rings (SSSR count). The van der Waals surface area contributed by atoms with Crippen molar-refractivity contribution in [1.29, 1.82) is 0 Å². The molecule has 0 spiro atoms. The Hall–Kier alpha value is -2.97. The molecule has 0 unspecified atom stereocenters. The first-order chi connectivity index (χ1) is 16.6. The second kappa shape index (κ2) is 10.1. The minimum absolute atomic E-state index is 0.334. The summed E-state index contributed by atoms with van der Waals surface area (Å²) in [6, 6.07) is 11.3. The first kappa shape index (κ1) is 22.8. The van der Waals surface area contributed by atoms with E-state index in [9.17, 15) is 0 Å².